The number of isocyanates is 3. The Balaban J connectivity index is 1.14. The molecular weight excluding hydrogens is 1120 g/mol. The number of hydrogen-bond acceptors (Lipinski definition) is 24. The molecule has 4 aromatic rings. The molecule has 4 aromatic carbocycles. The van der Waals surface area contributed by atoms with E-state index in [1.807, 2.05) is 36.4 Å². The maximum atomic E-state index is 12.7. The SMILES string of the molecule is O=C=NCc1cccc(CNC(=O)OCCSCCCOC(=O)Oc2cc(OC(=O)OCCCSCCOC(=O)NCc3cccc(CN=C=O)c3)cc(OC(=O)OCCCSCCOC(=O)NCc3cccc(CN=C=O)c3)c2)c1. The van der Waals surface area contributed by atoms with Crippen LogP contribution in [0.4, 0.5) is 28.8 Å². The summed E-state index contributed by atoms with van der Waals surface area (Å²) in [6, 6.07) is 25.2. The third kappa shape index (κ3) is 31.2. The molecule has 24 nitrogen and oxygen atoms in total. The van der Waals surface area contributed by atoms with Crippen LogP contribution in [0.1, 0.15) is 52.6 Å². The average molecular weight is 1180 g/mol. The van der Waals surface area contributed by atoms with E-state index in [1.165, 1.54) is 71.7 Å². The lowest BCUT2D eigenvalue weighted by Gasteiger charge is -2.12. The van der Waals surface area contributed by atoms with Crippen molar-refractivity contribution in [2.24, 2.45) is 15.0 Å². The van der Waals surface area contributed by atoms with Gasteiger partial charge < -0.3 is 58.6 Å². The maximum Gasteiger partial charge on any atom is 0.513 e. The lowest BCUT2D eigenvalue weighted by molar-refractivity contribution is 0.0964. The van der Waals surface area contributed by atoms with Crippen LogP contribution in [0.3, 0.4) is 0 Å². The highest BCUT2D eigenvalue weighted by Gasteiger charge is 2.17. The molecule has 0 aliphatic carbocycles. The fourth-order valence-corrected chi connectivity index (χ4v) is 8.68. The summed E-state index contributed by atoms with van der Waals surface area (Å²) in [6.07, 6.45) is 0.669. The normalized spacial score (nSPS) is 10.2. The quantitative estimate of drug-likeness (QED) is 0.00955. The first kappa shape index (κ1) is 65.2. The summed E-state index contributed by atoms with van der Waals surface area (Å²) < 4.78 is 47.2. The molecule has 81 heavy (non-hydrogen) atoms. The maximum absolute atomic E-state index is 12.7. The summed E-state index contributed by atoms with van der Waals surface area (Å²) in [7, 11) is 0. The van der Waals surface area contributed by atoms with Crippen molar-refractivity contribution in [1.82, 2.24) is 16.0 Å². The summed E-state index contributed by atoms with van der Waals surface area (Å²) in [5.74, 6) is 2.48. The van der Waals surface area contributed by atoms with E-state index in [1.54, 1.807) is 36.4 Å². The Bertz CT molecular complexity index is 2490. The fourth-order valence-electron chi connectivity index (χ4n) is 6.50. The number of thioether (sulfide) groups is 3. The lowest BCUT2D eigenvalue weighted by Crippen LogP contribution is -2.24. The molecule has 0 aromatic heterocycles. The predicted octanol–water partition coefficient (Wildman–Crippen LogP) is 8.89. The van der Waals surface area contributed by atoms with Gasteiger partial charge in [-0.05, 0) is 69.9 Å². The zero-order valence-electron chi connectivity index (χ0n) is 43.9. The van der Waals surface area contributed by atoms with Crippen molar-refractivity contribution >= 4 is 90.3 Å². The van der Waals surface area contributed by atoms with Gasteiger partial charge in [-0.3, -0.25) is 0 Å². The van der Waals surface area contributed by atoms with Crippen LogP contribution in [0, 0.1) is 0 Å². The van der Waals surface area contributed by atoms with E-state index < -0.39 is 36.7 Å². The third-order valence-corrected chi connectivity index (χ3v) is 13.2. The Kier molecular flexibility index (Phi) is 32.9. The van der Waals surface area contributed by atoms with E-state index in [-0.39, 0.29) is 96.2 Å². The number of carbonyl (C=O) groups excluding carboxylic acids is 9. The summed E-state index contributed by atoms with van der Waals surface area (Å²) in [5.41, 5.74) is 4.83. The number of amides is 3. The zero-order valence-corrected chi connectivity index (χ0v) is 46.4. The largest absolute Gasteiger partial charge is 0.513 e. The van der Waals surface area contributed by atoms with E-state index in [0.717, 1.165) is 33.4 Å². The topological polar surface area (TPSA) is 310 Å². The molecule has 0 radical (unpaired) electrons. The molecule has 0 bridgehead atoms. The van der Waals surface area contributed by atoms with E-state index in [9.17, 15) is 43.2 Å². The van der Waals surface area contributed by atoms with Gasteiger partial charge in [0.2, 0.25) is 18.2 Å². The van der Waals surface area contributed by atoms with E-state index >= 15 is 0 Å². The highest BCUT2D eigenvalue weighted by molar-refractivity contribution is 7.99. The molecule has 0 fully saturated rings. The van der Waals surface area contributed by atoms with Gasteiger partial charge in [-0.2, -0.15) is 35.3 Å². The Morgan fingerprint density at radius 2 is 0.654 bits per heavy atom. The number of rotatable bonds is 36. The van der Waals surface area contributed by atoms with Gasteiger partial charge >= 0.3 is 36.7 Å². The van der Waals surface area contributed by atoms with Gasteiger partial charge in [0.25, 0.3) is 0 Å². The molecule has 27 heteroatoms. The van der Waals surface area contributed by atoms with Crippen LogP contribution >= 0.6 is 35.3 Å². The van der Waals surface area contributed by atoms with Crippen LogP contribution in [0.2, 0.25) is 0 Å². The minimum atomic E-state index is -1.10. The molecular formula is C54H60N6O18S3. The van der Waals surface area contributed by atoms with E-state index in [0.29, 0.717) is 53.8 Å². The zero-order chi connectivity index (χ0) is 58.0. The van der Waals surface area contributed by atoms with Crippen LogP contribution in [0.15, 0.2) is 106 Å². The molecule has 0 spiro atoms. The van der Waals surface area contributed by atoms with Gasteiger partial charge in [-0.15, -0.1) is 0 Å². The highest BCUT2D eigenvalue weighted by atomic mass is 32.2. The first-order valence-electron chi connectivity index (χ1n) is 25.0. The van der Waals surface area contributed by atoms with Crippen molar-refractivity contribution in [3.8, 4) is 17.2 Å². The molecule has 3 amide bonds. The molecule has 4 rings (SSSR count). The van der Waals surface area contributed by atoms with Gasteiger partial charge in [0.1, 0.15) is 37.1 Å². The van der Waals surface area contributed by atoms with Crippen molar-refractivity contribution in [1.29, 1.82) is 0 Å². The van der Waals surface area contributed by atoms with Crippen molar-refractivity contribution in [2.45, 2.75) is 58.5 Å². The van der Waals surface area contributed by atoms with Crippen molar-refractivity contribution < 1.29 is 85.8 Å². The first-order valence-corrected chi connectivity index (χ1v) is 28.5. The number of nitrogens with zero attached hydrogens (tertiary/aromatic N) is 3. The number of nitrogens with one attached hydrogen (secondary N) is 3. The van der Waals surface area contributed by atoms with Gasteiger partial charge in [0.15, 0.2) is 0 Å². The van der Waals surface area contributed by atoms with Crippen molar-refractivity contribution in [3.05, 3.63) is 124 Å². The van der Waals surface area contributed by atoms with Gasteiger partial charge in [0.05, 0.1) is 39.5 Å². The van der Waals surface area contributed by atoms with Gasteiger partial charge in [-0.1, -0.05) is 72.8 Å². The minimum Gasteiger partial charge on any atom is -0.449 e. The summed E-state index contributed by atoms with van der Waals surface area (Å²) in [4.78, 5) is 116. The molecule has 0 saturated carbocycles. The number of carbonyl (C=O) groups is 6. The van der Waals surface area contributed by atoms with Gasteiger partial charge in [-0.25, -0.2) is 58.1 Å². The highest BCUT2D eigenvalue weighted by Crippen LogP contribution is 2.29. The molecule has 0 saturated heterocycles. The molecule has 0 aliphatic heterocycles. The van der Waals surface area contributed by atoms with E-state index in [2.05, 4.69) is 30.9 Å². The molecule has 0 unspecified atom stereocenters. The van der Waals surface area contributed by atoms with Crippen LogP contribution in [0.25, 0.3) is 0 Å². The van der Waals surface area contributed by atoms with Crippen LogP contribution in [-0.2, 0) is 82.1 Å². The third-order valence-electron chi connectivity index (χ3n) is 10.1. The lowest BCUT2D eigenvalue weighted by atomic mass is 10.1. The Morgan fingerprint density at radius 3 is 0.938 bits per heavy atom. The summed E-state index contributed by atoms with van der Waals surface area (Å²) in [5, 5.41) is 7.98. The molecule has 0 aliphatic rings. The second kappa shape index (κ2) is 40.8. The molecule has 0 heterocycles. The Morgan fingerprint density at radius 1 is 0.370 bits per heavy atom. The average Bonchev–Trinajstić information content (AvgIpc) is 3.47. The predicted molar refractivity (Wildman–Crippen MR) is 298 cm³/mol. The molecule has 0 atom stereocenters. The monoisotopic (exact) mass is 1180 g/mol. The number of hydrogen-bond donors (Lipinski definition) is 3. The van der Waals surface area contributed by atoms with Crippen LogP contribution < -0.4 is 30.2 Å². The number of benzene rings is 4. The second-order valence-corrected chi connectivity index (χ2v) is 20.0. The van der Waals surface area contributed by atoms with E-state index in [4.69, 9.17) is 42.6 Å². The van der Waals surface area contributed by atoms with Gasteiger partial charge in [0, 0.05) is 55.1 Å². The fraction of sp³-hybridized carbons (Fsp3) is 0.389. The Labute approximate surface area is 479 Å². The standard InChI is InChI=1S/C54H60N6O18S3/c61-37-55-31-40-7-1-10-43(25-40)34-58-49(64)70-16-22-79-19-4-13-73-52(67)76-46-28-47(77-53(68)74-14-5-20-80-23-17-71-50(65)59-35-44-11-2-8-41(26-44)32-56-38-62)30-48(29-46)78-54(69)75-15-6-21-81-24-18-72-51(66)60-36-45-12-3-9-42(27-45)33-57-39-63/h1-3,7-12,25-30H,4-6,13-24,31-36H2,(H,58,64)(H,59,65)(H,60,66). The smallest absolute Gasteiger partial charge is 0.449 e. The molecule has 432 valence electrons. The van der Waals surface area contributed by atoms with Crippen LogP contribution in [0.5, 0.6) is 17.2 Å². The number of ether oxygens (including phenoxy) is 9. The first-order chi connectivity index (χ1) is 39.5. The number of aliphatic imine (C=N–C) groups is 3. The molecule has 3 N–H and O–H groups in total. The minimum absolute atomic E-state index is 0.0281. The van der Waals surface area contributed by atoms with Crippen molar-refractivity contribution in [2.75, 3.05) is 74.2 Å². The van der Waals surface area contributed by atoms with Crippen LogP contribution in [-0.4, -0.2) is 129 Å². The summed E-state index contributed by atoms with van der Waals surface area (Å²) >= 11 is 4.39. The number of alkyl carbamates (subject to hydrolysis) is 3. The second-order valence-electron chi connectivity index (χ2n) is 16.3. The Hall–Kier alpha value is -8.31. The summed E-state index contributed by atoms with van der Waals surface area (Å²) in [6.45, 7) is 1.58. The van der Waals surface area contributed by atoms with Crippen molar-refractivity contribution in [3.63, 3.8) is 0 Å².